The van der Waals surface area contributed by atoms with Crippen LogP contribution < -0.4 is 15.5 Å². The van der Waals surface area contributed by atoms with Crippen LogP contribution in [-0.2, 0) is 11.0 Å². The predicted molar refractivity (Wildman–Crippen MR) is 100 cm³/mol. The Morgan fingerprint density at radius 1 is 1.32 bits per heavy atom. The van der Waals surface area contributed by atoms with Crippen molar-refractivity contribution in [1.29, 1.82) is 0 Å². The molecule has 1 spiro atoms. The molecule has 28 heavy (non-hydrogen) atoms. The SMILES string of the molecule is CCNc1nc(Nc2sc(N3C(=O)CCC34CC4)nc2Cl)ncc1C(F)(F)F. The largest absolute Gasteiger partial charge is 0.421 e. The number of anilines is 4. The second-order valence-electron chi connectivity index (χ2n) is 6.68. The molecule has 7 nitrogen and oxygen atoms in total. The van der Waals surface area contributed by atoms with E-state index in [-0.39, 0.29) is 34.9 Å². The van der Waals surface area contributed by atoms with Crippen molar-refractivity contribution >= 4 is 50.7 Å². The Hall–Kier alpha value is -2.14. The molecule has 2 N–H and O–H groups in total. The minimum atomic E-state index is -4.57. The smallest absolute Gasteiger partial charge is 0.370 e. The summed E-state index contributed by atoms with van der Waals surface area (Å²) in [6.07, 6.45) is -0.695. The van der Waals surface area contributed by atoms with E-state index in [0.29, 0.717) is 22.8 Å². The number of aromatic nitrogens is 3. The van der Waals surface area contributed by atoms with Gasteiger partial charge in [0.1, 0.15) is 16.4 Å². The summed E-state index contributed by atoms with van der Waals surface area (Å²) in [5, 5.41) is 6.36. The van der Waals surface area contributed by atoms with Crippen LogP contribution in [0.15, 0.2) is 6.20 Å². The molecule has 2 aromatic heterocycles. The van der Waals surface area contributed by atoms with Crippen LogP contribution in [0.3, 0.4) is 0 Å². The van der Waals surface area contributed by atoms with Crippen molar-refractivity contribution in [1.82, 2.24) is 15.0 Å². The van der Waals surface area contributed by atoms with Gasteiger partial charge in [-0.3, -0.25) is 9.69 Å². The van der Waals surface area contributed by atoms with Crippen molar-refractivity contribution < 1.29 is 18.0 Å². The molecule has 1 saturated carbocycles. The molecule has 0 aromatic carbocycles. The number of rotatable bonds is 5. The highest BCUT2D eigenvalue weighted by Gasteiger charge is 2.55. The van der Waals surface area contributed by atoms with Crippen molar-refractivity contribution in [3.05, 3.63) is 16.9 Å². The number of carbonyl (C=O) groups excluding carboxylic acids is 1. The molecular weight excluding hydrogens is 417 g/mol. The number of hydrogen-bond donors (Lipinski definition) is 2. The molecule has 150 valence electrons. The minimum absolute atomic E-state index is 0.00896. The van der Waals surface area contributed by atoms with E-state index in [2.05, 4.69) is 25.6 Å². The standard InChI is InChI=1S/C16H16ClF3N6OS/c1-2-21-11-8(16(18,19)20)7-22-13(24-11)25-12-10(17)23-14(28-12)26-9(27)3-4-15(26)5-6-15/h7H,2-6H2,1H3,(H2,21,22,24,25). The Morgan fingerprint density at radius 3 is 2.71 bits per heavy atom. The van der Waals surface area contributed by atoms with Gasteiger partial charge in [-0.15, -0.1) is 0 Å². The van der Waals surface area contributed by atoms with Crippen LogP contribution in [0, 0.1) is 0 Å². The topological polar surface area (TPSA) is 83.0 Å². The van der Waals surface area contributed by atoms with Crippen molar-refractivity contribution in [3.63, 3.8) is 0 Å². The predicted octanol–water partition coefficient (Wildman–Crippen LogP) is 4.44. The third-order valence-corrected chi connectivity index (χ3v) is 6.13. The Labute approximate surface area is 167 Å². The lowest BCUT2D eigenvalue weighted by Gasteiger charge is -2.20. The van der Waals surface area contributed by atoms with Gasteiger partial charge < -0.3 is 10.6 Å². The molecule has 2 aliphatic rings. The fraction of sp³-hybridized carbons (Fsp3) is 0.500. The first kappa shape index (κ1) is 19.2. The fourth-order valence-electron chi connectivity index (χ4n) is 3.27. The third kappa shape index (κ3) is 3.37. The van der Waals surface area contributed by atoms with Gasteiger partial charge in [0.15, 0.2) is 10.3 Å². The van der Waals surface area contributed by atoms with E-state index in [1.54, 1.807) is 11.8 Å². The van der Waals surface area contributed by atoms with Crippen LogP contribution in [0.5, 0.6) is 0 Å². The van der Waals surface area contributed by atoms with E-state index in [0.717, 1.165) is 30.6 Å². The molecule has 0 atom stereocenters. The molecule has 3 heterocycles. The first-order valence-electron chi connectivity index (χ1n) is 8.68. The van der Waals surface area contributed by atoms with Gasteiger partial charge >= 0.3 is 6.18 Å². The van der Waals surface area contributed by atoms with Gasteiger partial charge in [0.05, 0.1) is 5.54 Å². The average Bonchev–Trinajstić information content (AvgIpc) is 3.20. The number of nitrogens with zero attached hydrogens (tertiary/aromatic N) is 4. The number of thiazole rings is 1. The first-order chi connectivity index (χ1) is 13.2. The van der Waals surface area contributed by atoms with Gasteiger partial charge in [0.25, 0.3) is 0 Å². The van der Waals surface area contributed by atoms with Crippen LogP contribution in [0.1, 0.15) is 38.2 Å². The monoisotopic (exact) mass is 432 g/mol. The highest BCUT2D eigenvalue weighted by Crippen LogP contribution is 2.53. The number of nitrogens with one attached hydrogen (secondary N) is 2. The lowest BCUT2D eigenvalue weighted by molar-refractivity contribution is -0.137. The number of amides is 1. The fourth-order valence-corrected chi connectivity index (χ4v) is 4.54. The van der Waals surface area contributed by atoms with E-state index in [4.69, 9.17) is 11.6 Å². The van der Waals surface area contributed by atoms with Crippen molar-refractivity contribution in [2.24, 2.45) is 0 Å². The molecule has 0 bridgehead atoms. The number of carbonyl (C=O) groups is 1. The summed E-state index contributed by atoms with van der Waals surface area (Å²) in [5.41, 5.74) is -1.09. The highest BCUT2D eigenvalue weighted by atomic mass is 35.5. The minimum Gasteiger partial charge on any atom is -0.370 e. The Kier molecular flexibility index (Phi) is 4.61. The number of alkyl halides is 3. The maximum absolute atomic E-state index is 13.1. The van der Waals surface area contributed by atoms with Crippen LogP contribution in [-0.4, -0.2) is 32.9 Å². The third-order valence-electron chi connectivity index (χ3n) is 4.78. The van der Waals surface area contributed by atoms with Crippen LogP contribution >= 0.6 is 22.9 Å². The zero-order chi connectivity index (χ0) is 20.1. The van der Waals surface area contributed by atoms with Crippen LogP contribution in [0.2, 0.25) is 5.15 Å². The molecule has 1 saturated heterocycles. The molecule has 0 radical (unpaired) electrons. The van der Waals surface area contributed by atoms with Crippen molar-refractivity contribution in [2.45, 2.75) is 44.3 Å². The van der Waals surface area contributed by atoms with Gasteiger partial charge in [-0.05, 0) is 26.2 Å². The number of hydrogen-bond acceptors (Lipinski definition) is 7. The van der Waals surface area contributed by atoms with Crippen molar-refractivity contribution in [3.8, 4) is 0 Å². The molecule has 2 fully saturated rings. The van der Waals surface area contributed by atoms with E-state index >= 15 is 0 Å². The maximum atomic E-state index is 13.1. The first-order valence-corrected chi connectivity index (χ1v) is 9.87. The van der Waals surface area contributed by atoms with Gasteiger partial charge in [-0.2, -0.15) is 18.2 Å². The van der Waals surface area contributed by atoms with E-state index in [1.165, 1.54) is 0 Å². The zero-order valence-electron chi connectivity index (χ0n) is 14.7. The second-order valence-corrected chi connectivity index (χ2v) is 8.01. The van der Waals surface area contributed by atoms with Crippen LogP contribution in [0.4, 0.5) is 35.1 Å². The molecule has 1 aliphatic carbocycles. The molecule has 12 heteroatoms. The van der Waals surface area contributed by atoms with Gasteiger partial charge in [-0.1, -0.05) is 22.9 Å². The summed E-state index contributed by atoms with van der Waals surface area (Å²) >= 11 is 7.34. The Balaban J connectivity index is 1.61. The van der Waals surface area contributed by atoms with Gasteiger partial charge in [-0.25, -0.2) is 9.97 Å². The summed E-state index contributed by atoms with van der Waals surface area (Å²) in [7, 11) is 0. The molecule has 1 aliphatic heterocycles. The summed E-state index contributed by atoms with van der Waals surface area (Å²) in [6, 6.07) is 0. The molecule has 4 rings (SSSR count). The molecule has 0 unspecified atom stereocenters. The Morgan fingerprint density at radius 2 is 2.07 bits per heavy atom. The van der Waals surface area contributed by atoms with E-state index in [1.807, 2.05) is 0 Å². The maximum Gasteiger partial charge on any atom is 0.421 e. The summed E-state index contributed by atoms with van der Waals surface area (Å²) in [6.45, 7) is 1.94. The van der Waals surface area contributed by atoms with Crippen LogP contribution in [0.25, 0.3) is 0 Å². The zero-order valence-corrected chi connectivity index (χ0v) is 16.3. The molecule has 1 amide bonds. The summed E-state index contributed by atoms with van der Waals surface area (Å²) in [4.78, 5) is 25.9. The quantitative estimate of drug-likeness (QED) is 0.726. The second kappa shape index (κ2) is 6.73. The van der Waals surface area contributed by atoms with Crippen molar-refractivity contribution in [2.75, 3.05) is 22.1 Å². The average molecular weight is 433 g/mol. The molecule has 2 aromatic rings. The normalized spacial score (nSPS) is 18.0. The highest BCUT2D eigenvalue weighted by molar-refractivity contribution is 7.20. The van der Waals surface area contributed by atoms with Gasteiger partial charge in [0, 0.05) is 19.2 Å². The van der Waals surface area contributed by atoms with E-state index < -0.39 is 11.7 Å². The van der Waals surface area contributed by atoms with E-state index in [9.17, 15) is 18.0 Å². The summed E-state index contributed by atoms with van der Waals surface area (Å²) < 4.78 is 39.2. The summed E-state index contributed by atoms with van der Waals surface area (Å²) in [5.74, 6) is -0.357. The lowest BCUT2D eigenvalue weighted by atomic mass is 10.2. The number of halogens is 4. The lowest BCUT2D eigenvalue weighted by Crippen LogP contribution is -2.34. The Bertz CT molecular complexity index is 930. The molecular formula is C16H16ClF3N6OS. The van der Waals surface area contributed by atoms with Gasteiger partial charge in [0.2, 0.25) is 11.9 Å².